The van der Waals surface area contributed by atoms with Crippen molar-refractivity contribution in [1.82, 2.24) is 0 Å². The molecule has 0 aliphatic carbocycles. The Hall–Kier alpha value is -2.69. The molecule has 0 saturated carbocycles. The van der Waals surface area contributed by atoms with E-state index in [0.717, 1.165) is 11.3 Å². The summed E-state index contributed by atoms with van der Waals surface area (Å²) in [7, 11) is 3.17. The van der Waals surface area contributed by atoms with Gasteiger partial charge in [-0.15, -0.1) is 0 Å². The van der Waals surface area contributed by atoms with Crippen LogP contribution in [0.5, 0.6) is 17.2 Å². The molecule has 0 spiro atoms. The quantitative estimate of drug-likeness (QED) is 0.885. The SMILES string of the molecule is COc1ccc(OCc2cc(C(N)=O)ccc2OC)cc1. The minimum absolute atomic E-state index is 0.274. The molecule has 2 N–H and O–H groups in total. The first-order valence-electron chi connectivity index (χ1n) is 6.37. The maximum Gasteiger partial charge on any atom is 0.248 e. The van der Waals surface area contributed by atoms with E-state index in [1.165, 1.54) is 0 Å². The Bertz CT molecular complexity index is 623. The van der Waals surface area contributed by atoms with Gasteiger partial charge in [-0.25, -0.2) is 0 Å². The minimum Gasteiger partial charge on any atom is -0.497 e. The topological polar surface area (TPSA) is 70.8 Å². The fourth-order valence-electron chi connectivity index (χ4n) is 1.88. The first-order valence-corrected chi connectivity index (χ1v) is 6.37. The van der Waals surface area contributed by atoms with Crippen molar-refractivity contribution in [3.63, 3.8) is 0 Å². The highest BCUT2D eigenvalue weighted by Gasteiger charge is 2.08. The van der Waals surface area contributed by atoms with Crippen LogP contribution in [-0.4, -0.2) is 20.1 Å². The number of primary amides is 1. The van der Waals surface area contributed by atoms with Gasteiger partial charge in [0.25, 0.3) is 0 Å². The molecule has 2 rings (SSSR count). The zero-order chi connectivity index (χ0) is 15.2. The largest absolute Gasteiger partial charge is 0.497 e. The third kappa shape index (κ3) is 3.66. The van der Waals surface area contributed by atoms with Crippen LogP contribution in [0.4, 0.5) is 0 Å². The van der Waals surface area contributed by atoms with E-state index in [0.29, 0.717) is 17.1 Å². The second kappa shape index (κ2) is 6.65. The van der Waals surface area contributed by atoms with Gasteiger partial charge in [0.05, 0.1) is 14.2 Å². The van der Waals surface area contributed by atoms with Gasteiger partial charge < -0.3 is 19.9 Å². The zero-order valence-corrected chi connectivity index (χ0v) is 12.0. The Kier molecular flexibility index (Phi) is 4.66. The Morgan fingerprint density at radius 3 is 2.24 bits per heavy atom. The first kappa shape index (κ1) is 14.7. The normalized spacial score (nSPS) is 10.0. The van der Waals surface area contributed by atoms with Crippen LogP contribution >= 0.6 is 0 Å². The van der Waals surface area contributed by atoms with E-state index in [1.54, 1.807) is 32.4 Å². The first-order chi connectivity index (χ1) is 10.1. The van der Waals surface area contributed by atoms with Crippen molar-refractivity contribution >= 4 is 5.91 Å². The van der Waals surface area contributed by atoms with Gasteiger partial charge in [-0.3, -0.25) is 4.79 Å². The summed E-state index contributed by atoms with van der Waals surface area (Å²) in [5, 5.41) is 0. The molecule has 0 heterocycles. The summed E-state index contributed by atoms with van der Waals surface area (Å²) in [6, 6.07) is 12.2. The van der Waals surface area contributed by atoms with E-state index < -0.39 is 5.91 Å². The second-order valence-corrected chi connectivity index (χ2v) is 4.36. The van der Waals surface area contributed by atoms with E-state index in [2.05, 4.69) is 0 Å². The van der Waals surface area contributed by atoms with Crippen LogP contribution in [0.1, 0.15) is 15.9 Å². The number of rotatable bonds is 6. The maximum atomic E-state index is 11.2. The standard InChI is InChI=1S/C16H17NO4/c1-19-13-4-6-14(7-5-13)21-10-12-9-11(16(17)18)3-8-15(12)20-2/h3-9H,10H2,1-2H3,(H2,17,18). The summed E-state index contributed by atoms with van der Waals surface area (Å²) >= 11 is 0. The minimum atomic E-state index is -0.483. The Morgan fingerprint density at radius 2 is 1.67 bits per heavy atom. The molecule has 2 aromatic carbocycles. The summed E-state index contributed by atoms with van der Waals surface area (Å²) in [6.45, 7) is 0.274. The molecule has 2 aromatic rings. The summed E-state index contributed by atoms with van der Waals surface area (Å²) in [4.78, 5) is 11.2. The average molecular weight is 287 g/mol. The summed E-state index contributed by atoms with van der Waals surface area (Å²) in [5.74, 6) is 1.62. The number of nitrogens with two attached hydrogens (primary N) is 1. The van der Waals surface area contributed by atoms with Crippen LogP contribution in [0, 0.1) is 0 Å². The molecule has 0 bridgehead atoms. The number of hydrogen-bond acceptors (Lipinski definition) is 4. The third-order valence-electron chi connectivity index (χ3n) is 3.02. The molecule has 0 aliphatic rings. The molecule has 0 aromatic heterocycles. The Labute approximate surface area is 123 Å². The summed E-state index contributed by atoms with van der Waals surface area (Å²) < 4.78 is 16.0. The van der Waals surface area contributed by atoms with Crippen LogP contribution in [0.15, 0.2) is 42.5 Å². The molecular weight excluding hydrogens is 270 g/mol. The van der Waals surface area contributed by atoms with Gasteiger partial charge >= 0.3 is 0 Å². The van der Waals surface area contributed by atoms with Gasteiger partial charge in [0.2, 0.25) is 5.91 Å². The molecule has 5 nitrogen and oxygen atoms in total. The molecule has 21 heavy (non-hydrogen) atoms. The van der Waals surface area contributed by atoms with Crippen molar-refractivity contribution < 1.29 is 19.0 Å². The van der Waals surface area contributed by atoms with Crippen molar-refractivity contribution in [2.24, 2.45) is 5.73 Å². The lowest BCUT2D eigenvalue weighted by Crippen LogP contribution is -2.12. The lowest BCUT2D eigenvalue weighted by Gasteiger charge is -2.11. The number of hydrogen-bond donors (Lipinski definition) is 1. The Balaban J connectivity index is 2.13. The van der Waals surface area contributed by atoms with Crippen molar-refractivity contribution in [1.29, 1.82) is 0 Å². The number of benzene rings is 2. The number of ether oxygens (including phenoxy) is 3. The molecule has 0 saturated heterocycles. The van der Waals surface area contributed by atoms with Gasteiger partial charge in [-0.05, 0) is 42.5 Å². The van der Waals surface area contributed by atoms with Crippen molar-refractivity contribution in [3.05, 3.63) is 53.6 Å². The molecule has 1 amide bonds. The molecule has 0 radical (unpaired) electrons. The molecule has 110 valence electrons. The lowest BCUT2D eigenvalue weighted by molar-refractivity contribution is 0.1000. The summed E-state index contributed by atoms with van der Waals surface area (Å²) in [6.07, 6.45) is 0. The van der Waals surface area contributed by atoms with Crippen molar-refractivity contribution in [2.75, 3.05) is 14.2 Å². The molecule has 0 unspecified atom stereocenters. The molecule has 5 heteroatoms. The van der Waals surface area contributed by atoms with Crippen LogP contribution in [0.2, 0.25) is 0 Å². The van der Waals surface area contributed by atoms with E-state index in [-0.39, 0.29) is 6.61 Å². The predicted molar refractivity (Wildman–Crippen MR) is 78.8 cm³/mol. The van der Waals surface area contributed by atoms with Crippen LogP contribution in [0.25, 0.3) is 0 Å². The van der Waals surface area contributed by atoms with E-state index in [9.17, 15) is 4.79 Å². The van der Waals surface area contributed by atoms with E-state index >= 15 is 0 Å². The number of carbonyl (C=O) groups excluding carboxylic acids is 1. The molecule has 0 aliphatic heterocycles. The zero-order valence-electron chi connectivity index (χ0n) is 12.0. The average Bonchev–Trinajstić information content (AvgIpc) is 2.53. The van der Waals surface area contributed by atoms with Gasteiger partial charge in [-0.2, -0.15) is 0 Å². The van der Waals surface area contributed by atoms with Crippen molar-refractivity contribution in [2.45, 2.75) is 6.61 Å². The fourth-order valence-corrected chi connectivity index (χ4v) is 1.88. The smallest absolute Gasteiger partial charge is 0.248 e. The fraction of sp³-hybridized carbons (Fsp3) is 0.188. The summed E-state index contributed by atoms with van der Waals surface area (Å²) in [5.41, 5.74) is 6.45. The van der Waals surface area contributed by atoms with E-state index in [1.807, 2.05) is 24.3 Å². The highest BCUT2D eigenvalue weighted by Crippen LogP contribution is 2.23. The van der Waals surface area contributed by atoms with E-state index in [4.69, 9.17) is 19.9 Å². The molecule has 0 atom stereocenters. The second-order valence-electron chi connectivity index (χ2n) is 4.36. The molecule has 0 fully saturated rings. The van der Waals surface area contributed by atoms with Crippen molar-refractivity contribution in [3.8, 4) is 17.2 Å². The number of amides is 1. The predicted octanol–water partition coefficient (Wildman–Crippen LogP) is 2.38. The van der Waals surface area contributed by atoms with Crippen LogP contribution in [-0.2, 0) is 6.61 Å². The number of carbonyl (C=O) groups is 1. The van der Waals surface area contributed by atoms with Crippen LogP contribution in [0.3, 0.4) is 0 Å². The van der Waals surface area contributed by atoms with Gasteiger partial charge in [-0.1, -0.05) is 0 Å². The lowest BCUT2D eigenvalue weighted by atomic mass is 10.1. The van der Waals surface area contributed by atoms with Gasteiger partial charge in [0.15, 0.2) is 0 Å². The highest BCUT2D eigenvalue weighted by molar-refractivity contribution is 5.93. The maximum absolute atomic E-state index is 11.2. The Morgan fingerprint density at radius 1 is 1.00 bits per heavy atom. The molecular formula is C16H17NO4. The van der Waals surface area contributed by atoms with Gasteiger partial charge in [0, 0.05) is 11.1 Å². The third-order valence-corrected chi connectivity index (χ3v) is 3.02. The highest BCUT2D eigenvalue weighted by atomic mass is 16.5. The van der Waals surface area contributed by atoms with Crippen LogP contribution < -0.4 is 19.9 Å². The monoisotopic (exact) mass is 287 g/mol. The number of methoxy groups -OCH3 is 2. The van der Waals surface area contributed by atoms with Gasteiger partial charge in [0.1, 0.15) is 23.9 Å².